The second-order valence-electron chi connectivity index (χ2n) is 5.49. The van der Waals surface area contributed by atoms with Crippen molar-refractivity contribution in [3.05, 3.63) is 33.8 Å². The van der Waals surface area contributed by atoms with Crippen LogP contribution < -0.4 is 16.4 Å². The number of nitrogens with one attached hydrogen (secondary N) is 2. The molecule has 0 heterocycles. The molecule has 2 atom stereocenters. The first-order chi connectivity index (χ1) is 11.3. The molecule has 1 rings (SSSR count). The molecular formula is C16H23Cl2N3O2S. The summed E-state index contributed by atoms with van der Waals surface area (Å²) in [4.78, 5) is 24.7. The molecular weight excluding hydrogens is 369 g/mol. The van der Waals surface area contributed by atoms with Crippen LogP contribution >= 0.6 is 35.0 Å². The molecule has 0 fully saturated rings. The summed E-state index contributed by atoms with van der Waals surface area (Å²) in [5, 5.41) is 6.25. The zero-order chi connectivity index (χ0) is 18.1. The molecule has 0 aliphatic heterocycles. The average molecular weight is 392 g/mol. The van der Waals surface area contributed by atoms with Gasteiger partial charge in [-0.25, -0.2) is 0 Å². The van der Waals surface area contributed by atoms with Crippen molar-refractivity contribution in [1.29, 1.82) is 0 Å². The number of halogens is 2. The van der Waals surface area contributed by atoms with Gasteiger partial charge in [-0.15, -0.1) is 0 Å². The highest BCUT2D eigenvalue weighted by atomic mass is 35.5. The number of thioether (sulfide) groups is 1. The van der Waals surface area contributed by atoms with E-state index in [1.807, 2.05) is 13.2 Å². The van der Waals surface area contributed by atoms with Crippen molar-refractivity contribution in [3.8, 4) is 0 Å². The minimum absolute atomic E-state index is 0.0115. The zero-order valence-corrected chi connectivity index (χ0v) is 16.1. The molecule has 24 heavy (non-hydrogen) atoms. The molecule has 1 aromatic carbocycles. The maximum Gasteiger partial charge on any atom is 0.253 e. The van der Waals surface area contributed by atoms with E-state index in [0.717, 1.165) is 5.75 Å². The van der Waals surface area contributed by atoms with Crippen LogP contribution in [0, 0.1) is 0 Å². The van der Waals surface area contributed by atoms with Crippen LogP contribution in [0.25, 0.3) is 0 Å². The quantitative estimate of drug-likeness (QED) is 0.603. The number of nitrogens with two attached hydrogens (primary N) is 1. The average Bonchev–Trinajstić information content (AvgIpc) is 2.50. The molecule has 4 N–H and O–H groups in total. The maximum atomic E-state index is 12.4. The molecule has 0 saturated heterocycles. The largest absolute Gasteiger partial charge is 0.354 e. The number of rotatable bonds is 9. The van der Waals surface area contributed by atoms with Gasteiger partial charge in [-0.3, -0.25) is 9.59 Å². The molecule has 134 valence electrons. The lowest BCUT2D eigenvalue weighted by atomic mass is 10.1. The lowest BCUT2D eigenvalue weighted by Gasteiger charge is -2.19. The second kappa shape index (κ2) is 10.8. The number of hydrogen-bond donors (Lipinski definition) is 3. The van der Waals surface area contributed by atoms with E-state index < -0.39 is 11.9 Å². The van der Waals surface area contributed by atoms with Gasteiger partial charge in [0.25, 0.3) is 5.91 Å². The standard InChI is InChI=1S/C16H23Cl2N3O2S/c1-10(19)5-7-20-16(23)14(6-8-24-2)21-15(22)12-4-3-11(17)9-13(12)18/h3-4,9-10,14H,5-8,19H2,1-2H3,(H,20,23)(H,21,22). The molecule has 5 nitrogen and oxygen atoms in total. The Morgan fingerprint density at radius 3 is 2.58 bits per heavy atom. The SMILES string of the molecule is CSCCC(NC(=O)c1ccc(Cl)cc1Cl)C(=O)NCCC(C)N. The molecule has 0 spiro atoms. The van der Waals surface area contributed by atoms with Gasteiger partial charge in [0.1, 0.15) is 6.04 Å². The van der Waals surface area contributed by atoms with Gasteiger partial charge in [-0.1, -0.05) is 23.2 Å². The molecule has 0 aliphatic carbocycles. The van der Waals surface area contributed by atoms with E-state index in [4.69, 9.17) is 28.9 Å². The van der Waals surface area contributed by atoms with Gasteiger partial charge in [0.15, 0.2) is 0 Å². The topological polar surface area (TPSA) is 84.2 Å². The minimum Gasteiger partial charge on any atom is -0.354 e. The van der Waals surface area contributed by atoms with Crippen molar-refractivity contribution in [1.82, 2.24) is 10.6 Å². The van der Waals surface area contributed by atoms with Crippen LogP contribution in [-0.2, 0) is 4.79 Å². The van der Waals surface area contributed by atoms with Crippen molar-refractivity contribution in [3.63, 3.8) is 0 Å². The van der Waals surface area contributed by atoms with Gasteiger partial charge in [0.05, 0.1) is 10.6 Å². The molecule has 1 aromatic rings. The molecule has 2 amide bonds. The van der Waals surface area contributed by atoms with E-state index in [1.165, 1.54) is 6.07 Å². The Labute approximate surface area is 157 Å². The lowest BCUT2D eigenvalue weighted by Crippen LogP contribution is -2.47. The monoisotopic (exact) mass is 391 g/mol. The predicted molar refractivity (Wildman–Crippen MR) is 102 cm³/mol. The Bertz CT molecular complexity index is 570. The normalized spacial score (nSPS) is 13.2. The van der Waals surface area contributed by atoms with Gasteiger partial charge >= 0.3 is 0 Å². The van der Waals surface area contributed by atoms with E-state index in [-0.39, 0.29) is 17.0 Å². The minimum atomic E-state index is -0.621. The molecule has 0 radical (unpaired) electrons. The third-order valence-electron chi connectivity index (χ3n) is 3.31. The van der Waals surface area contributed by atoms with Gasteiger partial charge in [-0.2, -0.15) is 11.8 Å². The van der Waals surface area contributed by atoms with Crippen LogP contribution in [0.3, 0.4) is 0 Å². The first-order valence-electron chi connectivity index (χ1n) is 7.63. The van der Waals surface area contributed by atoms with E-state index in [9.17, 15) is 9.59 Å². The Morgan fingerprint density at radius 2 is 2.00 bits per heavy atom. The van der Waals surface area contributed by atoms with Crippen LogP contribution in [0.1, 0.15) is 30.1 Å². The molecule has 0 bridgehead atoms. The first kappa shape index (κ1) is 21.1. The maximum absolute atomic E-state index is 12.4. The lowest BCUT2D eigenvalue weighted by molar-refractivity contribution is -0.123. The van der Waals surface area contributed by atoms with Crippen molar-refractivity contribution < 1.29 is 9.59 Å². The van der Waals surface area contributed by atoms with Crippen LogP contribution in [0.5, 0.6) is 0 Å². The van der Waals surface area contributed by atoms with Crippen molar-refractivity contribution >= 4 is 46.8 Å². The summed E-state index contributed by atoms with van der Waals surface area (Å²) < 4.78 is 0. The molecule has 0 saturated carbocycles. The summed E-state index contributed by atoms with van der Waals surface area (Å²) in [6.45, 7) is 2.35. The van der Waals surface area contributed by atoms with Gasteiger partial charge < -0.3 is 16.4 Å². The number of amides is 2. The fraction of sp³-hybridized carbons (Fsp3) is 0.500. The number of carbonyl (C=O) groups excluding carboxylic acids is 2. The van der Waals surface area contributed by atoms with E-state index >= 15 is 0 Å². The van der Waals surface area contributed by atoms with Crippen molar-refractivity contribution in [2.24, 2.45) is 5.73 Å². The smallest absolute Gasteiger partial charge is 0.253 e. The highest BCUT2D eigenvalue weighted by Crippen LogP contribution is 2.21. The summed E-state index contributed by atoms with van der Waals surface area (Å²) in [5.74, 6) is 0.133. The van der Waals surface area contributed by atoms with E-state index in [2.05, 4.69) is 10.6 Å². The van der Waals surface area contributed by atoms with Gasteiger partial charge in [-0.05, 0) is 50.0 Å². The summed E-state index contributed by atoms with van der Waals surface area (Å²) >= 11 is 13.5. The molecule has 0 aliphatic rings. The molecule has 2 unspecified atom stereocenters. The summed E-state index contributed by atoms with van der Waals surface area (Å²) in [5.41, 5.74) is 5.96. The third kappa shape index (κ3) is 7.30. The van der Waals surface area contributed by atoms with Crippen LogP contribution in [0.2, 0.25) is 10.0 Å². The number of carbonyl (C=O) groups is 2. The molecule has 0 aromatic heterocycles. The Morgan fingerprint density at radius 1 is 1.29 bits per heavy atom. The second-order valence-corrected chi connectivity index (χ2v) is 7.32. The van der Waals surface area contributed by atoms with Gasteiger partial charge in [0, 0.05) is 17.6 Å². The van der Waals surface area contributed by atoms with Crippen LogP contribution in [0.4, 0.5) is 0 Å². The first-order valence-corrected chi connectivity index (χ1v) is 9.78. The van der Waals surface area contributed by atoms with E-state index in [1.54, 1.807) is 23.9 Å². The van der Waals surface area contributed by atoms with Crippen molar-refractivity contribution in [2.75, 3.05) is 18.6 Å². The predicted octanol–water partition coefficient (Wildman–Crippen LogP) is 2.70. The van der Waals surface area contributed by atoms with Gasteiger partial charge in [0.2, 0.25) is 5.91 Å². The third-order valence-corrected chi connectivity index (χ3v) is 4.50. The zero-order valence-electron chi connectivity index (χ0n) is 13.8. The number of benzene rings is 1. The Hall–Kier alpha value is -0.950. The summed E-state index contributed by atoms with van der Waals surface area (Å²) in [6, 6.07) is 4.02. The van der Waals surface area contributed by atoms with Crippen molar-refractivity contribution in [2.45, 2.75) is 31.8 Å². The van der Waals surface area contributed by atoms with Crippen LogP contribution in [-0.4, -0.2) is 42.5 Å². The van der Waals surface area contributed by atoms with Crippen LogP contribution in [0.15, 0.2) is 18.2 Å². The number of hydrogen-bond acceptors (Lipinski definition) is 4. The summed E-state index contributed by atoms with van der Waals surface area (Å²) in [7, 11) is 0. The Balaban J connectivity index is 2.73. The molecule has 8 heteroatoms. The van der Waals surface area contributed by atoms with E-state index in [0.29, 0.717) is 30.0 Å². The highest BCUT2D eigenvalue weighted by Gasteiger charge is 2.22. The fourth-order valence-electron chi connectivity index (χ4n) is 1.96. The fourth-order valence-corrected chi connectivity index (χ4v) is 2.93. The highest BCUT2D eigenvalue weighted by molar-refractivity contribution is 7.98. The summed E-state index contributed by atoms with van der Waals surface area (Å²) in [6.07, 6.45) is 3.16. The Kier molecular flexibility index (Phi) is 9.51.